The minimum atomic E-state index is -0.303. The Morgan fingerprint density at radius 2 is 2.00 bits per heavy atom. The lowest BCUT2D eigenvalue weighted by molar-refractivity contribution is 0.127. The molecule has 2 aromatic rings. The van der Waals surface area contributed by atoms with Crippen molar-refractivity contribution in [2.24, 2.45) is 0 Å². The second-order valence-electron chi connectivity index (χ2n) is 5.73. The van der Waals surface area contributed by atoms with Crippen molar-refractivity contribution in [3.8, 4) is 11.3 Å². The first-order valence-electron chi connectivity index (χ1n) is 7.43. The number of aromatic amines is 1. The number of aliphatic hydroxyl groups excluding tert-OH is 1. The zero-order valence-electron chi connectivity index (χ0n) is 13.2. The Morgan fingerprint density at radius 3 is 2.74 bits per heavy atom. The Hall–Kier alpha value is -1.11. The second kappa shape index (κ2) is 9.25. The van der Waals surface area contributed by atoms with Crippen LogP contribution in [0, 0.1) is 6.92 Å². The Labute approximate surface area is 149 Å². The summed E-state index contributed by atoms with van der Waals surface area (Å²) in [7, 11) is 0. The van der Waals surface area contributed by atoms with Crippen LogP contribution in [0.2, 0.25) is 0 Å². The van der Waals surface area contributed by atoms with Crippen LogP contribution in [0.5, 0.6) is 0 Å². The van der Waals surface area contributed by atoms with Crippen LogP contribution in [0.3, 0.4) is 0 Å². The van der Waals surface area contributed by atoms with E-state index in [1.165, 1.54) is 11.1 Å². The Kier molecular flexibility index (Phi) is 8.02. The van der Waals surface area contributed by atoms with Gasteiger partial charge in [-0.1, -0.05) is 29.8 Å². The third-order valence-corrected chi connectivity index (χ3v) is 3.91. The van der Waals surface area contributed by atoms with Crippen molar-refractivity contribution in [2.45, 2.75) is 19.6 Å². The highest BCUT2D eigenvalue weighted by molar-refractivity contribution is 5.85. The Morgan fingerprint density at radius 1 is 1.26 bits per heavy atom. The van der Waals surface area contributed by atoms with Gasteiger partial charge in [0.25, 0.3) is 0 Å². The van der Waals surface area contributed by atoms with Crippen LogP contribution in [-0.4, -0.2) is 52.5 Å². The number of nitrogens with zero attached hydrogens (tertiary/aromatic N) is 2. The number of aryl methyl sites for hydroxylation is 1. The van der Waals surface area contributed by atoms with E-state index in [2.05, 4.69) is 51.6 Å². The molecule has 7 heteroatoms. The molecule has 1 unspecified atom stereocenters. The van der Waals surface area contributed by atoms with Gasteiger partial charge in [0.2, 0.25) is 0 Å². The highest BCUT2D eigenvalue weighted by atomic mass is 35.5. The zero-order chi connectivity index (χ0) is 14.7. The fourth-order valence-electron chi connectivity index (χ4n) is 2.75. The molecule has 0 radical (unpaired) electrons. The van der Waals surface area contributed by atoms with Crippen LogP contribution in [0.15, 0.2) is 30.5 Å². The van der Waals surface area contributed by atoms with E-state index >= 15 is 0 Å². The predicted molar refractivity (Wildman–Crippen MR) is 97.4 cm³/mol. The summed E-state index contributed by atoms with van der Waals surface area (Å²) in [6.45, 7) is 6.12. The summed E-state index contributed by atoms with van der Waals surface area (Å²) in [6, 6.07) is 8.45. The molecule has 1 aromatic heterocycles. The minimum Gasteiger partial charge on any atom is -0.390 e. The molecule has 3 rings (SSSR count). The lowest BCUT2D eigenvalue weighted by atomic mass is 10.1. The van der Waals surface area contributed by atoms with Gasteiger partial charge in [-0.15, -0.1) is 24.8 Å². The third-order valence-electron chi connectivity index (χ3n) is 3.91. The van der Waals surface area contributed by atoms with Gasteiger partial charge in [0.15, 0.2) is 0 Å². The van der Waals surface area contributed by atoms with Gasteiger partial charge in [0, 0.05) is 38.3 Å². The van der Waals surface area contributed by atoms with Crippen molar-refractivity contribution >= 4 is 24.8 Å². The van der Waals surface area contributed by atoms with Crippen LogP contribution in [0.25, 0.3) is 11.3 Å². The Balaban J connectivity index is 0.00000132. The molecule has 1 aliphatic rings. The number of hydrogen-bond donors (Lipinski definition) is 3. The third kappa shape index (κ3) is 5.19. The number of rotatable bonds is 3. The molecule has 1 fully saturated rings. The first-order chi connectivity index (χ1) is 10.2. The molecule has 1 aromatic carbocycles. The Bertz CT molecular complexity index is 588. The molecule has 1 aliphatic heterocycles. The molecule has 0 aliphatic carbocycles. The van der Waals surface area contributed by atoms with Crippen LogP contribution < -0.4 is 5.32 Å². The first-order valence-corrected chi connectivity index (χ1v) is 7.43. The predicted octanol–water partition coefficient (Wildman–Crippen LogP) is 1.99. The van der Waals surface area contributed by atoms with Gasteiger partial charge in [-0.25, -0.2) is 0 Å². The molecule has 2 heterocycles. The lowest BCUT2D eigenvalue weighted by Gasteiger charge is -2.21. The highest BCUT2D eigenvalue weighted by Crippen LogP contribution is 2.22. The van der Waals surface area contributed by atoms with Crippen molar-refractivity contribution in [1.29, 1.82) is 0 Å². The molecular weight excluding hydrogens is 335 g/mol. The second-order valence-corrected chi connectivity index (χ2v) is 5.73. The largest absolute Gasteiger partial charge is 0.390 e. The summed E-state index contributed by atoms with van der Waals surface area (Å²) >= 11 is 0. The molecule has 1 saturated heterocycles. The van der Waals surface area contributed by atoms with E-state index in [0.717, 1.165) is 30.9 Å². The van der Waals surface area contributed by atoms with Crippen LogP contribution in [0.1, 0.15) is 11.1 Å². The van der Waals surface area contributed by atoms with E-state index in [-0.39, 0.29) is 30.9 Å². The number of benzene rings is 1. The maximum atomic E-state index is 9.88. The average molecular weight is 359 g/mol. The van der Waals surface area contributed by atoms with Crippen molar-refractivity contribution < 1.29 is 5.11 Å². The van der Waals surface area contributed by atoms with Gasteiger partial charge >= 0.3 is 0 Å². The molecule has 0 spiro atoms. The molecule has 0 saturated carbocycles. The summed E-state index contributed by atoms with van der Waals surface area (Å²) in [5, 5.41) is 20.4. The lowest BCUT2D eigenvalue weighted by Crippen LogP contribution is -2.32. The minimum absolute atomic E-state index is 0. The van der Waals surface area contributed by atoms with Crippen LogP contribution >= 0.6 is 24.8 Å². The van der Waals surface area contributed by atoms with Gasteiger partial charge in [-0.05, 0) is 12.5 Å². The molecule has 1 atom stereocenters. The van der Waals surface area contributed by atoms with Crippen molar-refractivity contribution in [1.82, 2.24) is 20.4 Å². The van der Waals surface area contributed by atoms with E-state index < -0.39 is 0 Å². The molecule has 0 amide bonds. The smallest absolute Gasteiger partial charge is 0.0791 e. The monoisotopic (exact) mass is 358 g/mol. The quantitative estimate of drug-likeness (QED) is 0.784. The molecule has 0 bridgehead atoms. The van der Waals surface area contributed by atoms with E-state index in [4.69, 9.17) is 0 Å². The van der Waals surface area contributed by atoms with E-state index in [0.29, 0.717) is 13.1 Å². The zero-order valence-corrected chi connectivity index (χ0v) is 14.8. The molecule has 128 valence electrons. The van der Waals surface area contributed by atoms with Crippen molar-refractivity contribution in [3.63, 3.8) is 0 Å². The number of halogens is 2. The first kappa shape index (κ1) is 19.9. The van der Waals surface area contributed by atoms with Gasteiger partial charge < -0.3 is 10.4 Å². The van der Waals surface area contributed by atoms with Gasteiger partial charge in [0.05, 0.1) is 18.0 Å². The molecule has 23 heavy (non-hydrogen) atoms. The normalized spacial score (nSPS) is 18.6. The van der Waals surface area contributed by atoms with Crippen molar-refractivity contribution in [2.75, 3.05) is 26.2 Å². The van der Waals surface area contributed by atoms with Gasteiger partial charge in [-0.2, -0.15) is 5.10 Å². The summed E-state index contributed by atoms with van der Waals surface area (Å²) in [5.74, 6) is 0. The number of nitrogens with one attached hydrogen (secondary N) is 2. The van der Waals surface area contributed by atoms with E-state index in [9.17, 15) is 5.11 Å². The van der Waals surface area contributed by atoms with Crippen LogP contribution in [-0.2, 0) is 6.54 Å². The fraction of sp³-hybridized carbons (Fsp3) is 0.438. The maximum absolute atomic E-state index is 9.88. The van der Waals surface area contributed by atoms with Gasteiger partial charge in [0.1, 0.15) is 0 Å². The number of aromatic nitrogens is 2. The number of hydrogen-bond acceptors (Lipinski definition) is 4. The summed E-state index contributed by atoms with van der Waals surface area (Å²) in [4.78, 5) is 2.27. The van der Waals surface area contributed by atoms with Crippen LogP contribution in [0.4, 0.5) is 0 Å². The van der Waals surface area contributed by atoms with E-state index in [1.54, 1.807) is 0 Å². The number of aliphatic hydroxyl groups is 1. The number of H-pyrrole nitrogens is 1. The SMILES string of the molecule is Cc1ccc(-c2[nH]ncc2CN2CCNCC(O)C2)cc1.Cl.Cl. The number of β-amino-alcohol motifs (C(OH)–C–C–N with tert-alkyl or cyclic N) is 1. The topological polar surface area (TPSA) is 64.2 Å². The maximum Gasteiger partial charge on any atom is 0.0791 e. The molecule has 5 nitrogen and oxygen atoms in total. The standard InChI is InChI=1S/C16H22N4O.2ClH/c1-12-2-4-13(5-3-12)16-14(8-18-19-16)10-20-7-6-17-9-15(21)11-20;;/h2-5,8,15,17,21H,6-7,9-11H2,1H3,(H,18,19);2*1H. The average Bonchev–Trinajstić information content (AvgIpc) is 2.82. The fourth-order valence-corrected chi connectivity index (χ4v) is 2.75. The molecular formula is C16H24Cl2N4O. The van der Waals surface area contributed by atoms with Gasteiger partial charge in [-0.3, -0.25) is 10.00 Å². The summed E-state index contributed by atoms with van der Waals surface area (Å²) < 4.78 is 0. The summed E-state index contributed by atoms with van der Waals surface area (Å²) in [5.41, 5.74) is 4.65. The highest BCUT2D eigenvalue weighted by Gasteiger charge is 2.18. The van der Waals surface area contributed by atoms with Crippen molar-refractivity contribution in [3.05, 3.63) is 41.6 Å². The van der Waals surface area contributed by atoms with E-state index in [1.807, 2.05) is 6.20 Å². The summed E-state index contributed by atoms with van der Waals surface area (Å²) in [6.07, 6.45) is 1.59. The molecule has 3 N–H and O–H groups in total.